The first-order valence-corrected chi connectivity index (χ1v) is 8.51. The van der Waals surface area contributed by atoms with Gasteiger partial charge in [-0.3, -0.25) is 14.7 Å². The lowest BCUT2D eigenvalue weighted by molar-refractivity contribution is -0.0785. The standard InChI is InChI=1S/C17H31N3O2/c1-4-5-6-18-7-9-19(10-8-18)13-17(21)14-20-11-15(2)22-16(3)12-20/h1,15-17,21H,5-14H2,2-3H3. The molecular formula is C17H31N3O2. The molecule has 0 aliphatic carbocycles. The van der Waals surface area contributed by atoms with E-state index in [-0.39, 0.29) is 18.3 Å². The van der Waals surface area contributed by atoms with E-state index in [0.717, 1.165) is 65.3 Å². The van der Waals surface area contributed by atoms with Gasteiger partial charge in [0.25, 0.3) is 0 Å². The molecule has 0 amide bonds. The van der Waals surface area contributed by atoms with E-state index >= 15 is 0 Å². The molecule has 2 rings (SSSR count). The lowest BCUT2D eigenvalue weighted by Gasteiger charge is -2.38. The van der Waals surface area contributed by atoms with Crippen molar-refractivity contribution in [1.82, 2.24) is 14.7 Å². The van der Waals surface area contributed by atoms with E-state index in [2.05, 4.69) is 34.5 Å². The fraction of sp³-hybridized carbons (Fsp3) is 0.882. The Kier molecular flexibility index (Phi) is 7.13. The van der Waals surface area contributed by atoms with Crippen LogP contribution in [0.15, 0.2) is 0 Å². The minimum absolute atomic E-state index is 0.260. The first-order chi connectivity index (χ1) is 10.6. The lowest BCUT2D eigenvalue weighted by atomic mass is 10.2. The Hall–Kier alpha value is -0.640. The van der Waals surface area contributed by atoms with Crippen molar-refractivity contribution in [3.05, 3.63) is 0 Å². The molecule has 3 atom stereocenters. The summed E-state index contributed by atoms with van der Waals surface area (Å²) in [5.74, 6) is 2.70. The molecule has 22 heavy (non-hydrogen) atoms. The van der Waals surface area contributed by atoms with Crippen LogP contribution in [0.25, 0.3) is 0 Å². The average molecular weight is 309 g/mol. The molecule has 2 heterocycles. The maximum atomic E-state index is 10.4. The summed E-state index contributed by atoms with van der Waals surface area (Å²) in [6.07, 6.45) is 6.38. The highest BCUT2D eigenvalue weighted by molar-refractivity contribution is 4.86. The Balaban J connectivity index is 1.65. The fourth-order valence-electron chi connectivity index (χ4n) is 3.51. The molecule has 1 N–H and O–H groups in total. The number of β-amino-alcohol motifs (C(OH)–C–C–N with tert-alkyl or cyclic N) is 1. The Labute approximate surface area is 135 Å². The summed E-state index contributed by atoms with van der Waals surface area (Å²) < 4.78 is 5.74. The molecule has 0 spiro atoms. The summed E-state index contributed by atoms with van der Waals surface area (Å²) in [6, 6.07) is 0. The van der Waals surface area contributed by atoms with E-state index in [9.17, 15) is 5.11 Å². The number of aliphatic hydroxyl groups is 1. The van der Waals surface area contributed by atoms with Gasteiger partial charge < -0.3 is 9.84 Å². The highest BCUT2D eigenvalue weighted by atomic mass is 16.5. The molecule has 5 heteroatoms. The maximum Gasteiger partial charge on any atom is 0.0793 e. The third-order valence-electron chi connectivity index (χ3n) is 4.47. The van der Waals surface area contributed by atoms with E-state index in [1.165, 1.54) is 0 Å². The molecule has 0 aromatic carbocycles. The van der Waals surface area contributed by atoms with E-state index in [4.69, 9.17) is 11.2 Å². The fourth-order valence-corrected chi connectivity index (χ4v) is 3.51. The summed E-state index contributed by atoms with van der Waals surface area (Å²) in [4.78, 5) is 7.10. The molecule has 0 aromatic rings. The van der Waals surface area contributed by atoms with Gasteiger partial charge in [-0.25, -0.2) is 0 Å². The van der Waals surface area contributed by atoms with Crippen molar-refractivity contribution >= 4 is 0 Å². The average Bonchev–Trinajstić information content (AvgIpc) is 2.45. The van der Waals surface area contributed by atoms with Crippen LogP contribution in [0.2, 0.25) is 0 Å². The Morgan fingerprint density at radius 3 is 2.18 bits per heavy atom. The van der Waals surface area contributed by atoms with Crippen LogP contribution >= 0.6 is 0 Å². The number of terminal acetylenes is 1. The molecule has 2 saturated heterocycles. The van der Waals surface area contributed by atoms with Gasteiger partial charge in [0.15, 0.2) is 0 Å². The zero-order valence-corrected chi connectivity index (χ0v) is 14.1. The highest BCUT2D eigenvalue weighted by Gasteiger charge is 2.25. The smallest absolute Gasteiger partial charge is 0.0793 e. The molecule has 0 radical (unpaired) electrons. The normalized spacial score (nSPS) is 30.1. The summed E-state index contributed by atoms with van der Waals surface area (Å²) in [7, 11) is 0. The third-order valence-corrected chi connectivity index (χ3v) is 4.47. The number of hydrogen-bond acceptors (Lipinski definition) is 5. The van der Waals surface area contributed by atoms with Crippen molar-refractivity contribution in [2.75, 3.05) is 58.9 Å². The zero-order chi connectivity index (χ0) is 15.9. The SMILES string of the molecule is C#CCCN1CCN(CC(O)CN2CC(C)OC(C)C2)CC1. The number of piperazine rings is 1. The van der Waals surface area contributed by atoms with Gasteiger partial charge >= 0.3 is 0 Å². The van der Waals surface area contributed by atoms with Gasteiger partial charge in [-0.2, -0.15) is 0 Å². The van der Waals surface area contributed by atoms with Crippen molar-refractivity contribution < 1.29 is 9.84 Å². The number of rotatable bonds is 6. The van der Waals surface area contributed by atoms with Crippen molar-refractivity contribution in [2.45, 2.75) is 38.6 Å². The predicted octanol–water partition coefficient (Wildman–Crippen LogP) is 0.0974. The molecule has 0 bridgehead atoms. The molecule has 5 nitrogen and oxygen atoms in total. The minimum atomic E-state index is -0.283. The van der Waals surface area contributed by atoms with Gasteiger partial charge in [-0.15, -0.1) is 12.3 Å². The maximum absolute atomic E-state index is 10.4. The molecule has 2 fully saturated rings. The van der Waals surface area contributed by atoms with E-state index < -0.39 is 0 Å². The van der Waals surface area contributed by atoms with Gasteiger partial charge in [-0.1, -0.05) is 0 Å². The minimum Gasteiger partial charge on any atom is -0.390 e. The molecular weight excluding hydrogens is 278 g/mol. The Morgan fingerprint density at radius 2 is 1.59 bits per heavy atom. The molecule has 0 aromatic heterocycles. The quantitative estimate of drug-likeness (QED) is 0.705. The summed E-state index contributed by atoms with van der Waals surface area (Å²) in [5.41, 5.74) is 0. The second kappa shape index (κ2) is 8.85. The van der Waals surface area contributed by atoms with Crippen molar-refractivity contribution in [2.24, 2.45) is 0 Å². The molecule has 126 valence electrons. The number of nitrogens with zero attached hydrogens (tertiary/aromatic N) is 3. The summed E-state index contributed by atoms with van der Waals surface area (Å²) in [5, 5.41) is 10.4. The van der Waals surface area contributed by atoms with Crippen LogP contribution in [0.3, 0.4) is 0 Å². The van der Waals surface area contributed by atoms with Gasteiger partial charge in [-0.05, 0) is 13.8 Å². The van der Waals surface area contributed by atoms with Crippen LogP contribution in [0.1, 0.15) is 20.3 Å². The van der Waals surface area contributed by atoms with Crippen molar-refractivity contribution in [3.63, 3.8) is 0 Å². The van der Waals surface area contributed by atoms with Crippen LogP contribution < -0.4 is 0 Å². The summed E-state index contributed by atoms with van der Waals surface area (Å²) >= 11 is 0. The van der Waals surface area contributed by atoms with Crippen molar-refractivity contribution in [1.29, 1.82) is 0 Å². The molecule has 3 unspecified atom stereocenters. The largest absolute Gasteiger partial charge is 0.390 e. The Bertz CT molecular complexity index is 353. The van der Waals surface area contributed by atoms with Gasteiger partial charge in [0.2, 0.25) is 0 Å². The molecule has 2 aliphatic rings. The van der Waals surface area contributed by atoms with Crippen LogP contribution in [0.4, 0.5) is 0 Å². The molecule has 2 aliphatic heterocycles. The molecule has 0 saturated carbocycles. The number of ether oxygens (including phenoxy) is 1. The first kappa shape index (κ1) is 17.7. The van der Waals surface area contributed by atoms with E-state index in [0.29, 0.717) is 0 Å². The van der Waals surface area contributed by atoms with Crippen LogP contribution in [-0.2, 0) is 4.74 Å². The monoisotopic (exact) mass is 309 g/mol. The van der Waals surface area contributed by atoms with Crippen LogP contribution in [0.5, 0.6) is 0 Å². The first-order valence-electron chi connectivity index (χ1n) is 8.51. The number of aliphatic hydroxyl groups excluding tert-OH is 1. The second-order valence-corrected chi connectivity index (χ2v) is 6.73. The van der Waals surface area contributed by atoms with Gasteiger partial charge in [0, 0.05) is 65.3 Å². The zero-order valence-electron chi connectivity index (χ0n) is 14.1. The topological polar surface area (TPSA) is 39.2 Å². The van der Waals surface area contributed by atoms with Crippen molar-refractivity contribution in [3.8, 4) is 12.3 Å². The third kappa shape index (κ3) is 5.86. The number of hydrogen-bond donors (Lipinski definition) is 1. The predicted molar refractivity (Wildman–Crippen MR) is 88.8 cm³/mol. The Morgan fingerprint density at radius 1 is 1.05 bits per heavy atom. The van der Waals surface area contributed by atoms with E-state index in [1.54, 1.807) is 0 Å². The van der Waals surface area contributed by atoms with Gasteiger partial charge in [0.05, 0.1) is 18.3 Å². The van der Waals surface area contributed by atoms with E-state index in [1.807, 2.05) is 0 Å². The highest BCUT2D eigenvalue weighted by Crippen LogP contribution is 2.11. The van der Waals surface area contributed by atoms with Crippen LogP contribution in [-0.4, -0.2) is 97.0 Å². The number of morpholine rings is 1. The lowest BCUT2D eigenvalue weighted by Crippen LogP contribution is -2.52. The second-order valence-electron chi connectivity index (χ2n) is 6.73. The van der Waals surface area contributed by atoms with Crippen LogP contribution in [0, 0.1) is 12.3 Å². The summed E-state index contributed by atoms with van der Waals surface area (Å²) in [6.45, 7) is 12.7. The van der Waals surface area contributed by atoms with Gasteiger partial charge in [0.1, 0.15) is 0 Å².